The molecule has 0 aliphatic rings. The van der Waals surface area contributed by atoms with Gasteiger partial charge in [-0.25, -0.2) is 4.79 Å². The predicted octanol–water partition coefficient (Wildman–Crippen LogP) is 1.16. The van der Waals surface area contributed by atoms with Crippen LogP contribution in [0.25, 0.3) is 0 Å². The average Bonchev–Trinajstić information content (AvgIpc) is 2.31. The van der Waals surface area contributed by atoms with E-state index in [0.717, 1.165) is 6.08 Å². The van der Waals surface area contributed by atoms with E-state index in [1.807, 2.05) is 0 Å². The van der Waals surface area contributed by atoms with Gasteiger partial charge < -0.3 is 14.9 Å². The molecule has 0 aliphatic carbocycles. The van der Waals surface area contributed by atoms with E-state index < -0.39 is 5.97 Å². The molecule has 4 nitrogen and oxygen atoms in total. The van der Waals surface area contributed by atoms with E-state index in [4.69, 9.17) is 9.84 Å². The van der Waals surface area contributed by atoms with Crippen LogP contribution in [0.4, 0.5) is 0 Å². The topological polar surface area (TPSA) is 66.8 Å². The molecule has 0 heterocycles. The first-order valence-electron chi connectivity index (χ1n) is 4.88. The molecule has 1 aromatic carbocycles. The molecule has 4 heteroatoms. The molecule has 1 rings (SSSR count). The molecule has 0 amide bonds. The molecule has 1 aromatic rings. The van der Waals surface area contributed by atoms with Crippen LogP contribution >= 0.6 is 0 Å². The maximum atomic E-state index is 10.8. The third kappa shape index (κ3) is 3.10. The van der Waals surface area contributed by atoms with Crippen LogP contribution in [0, 0.1) is 0 Å². The van der Waals surface area contributed by atoms with Crippen LogP contribution in [0.2, 0.25) is 0 Å². The maximum Gasteiger partial charge on any atom is 0.330 e. The fourth-order valence-corrected chi connectivity index (χ4v) is 1.29. The highest BCUT2D eigenvalue weighted by Gasteiger charge is 2.06. The van der Waals surface area contributed by atoms with Gasteiger partial charge in [0.2, 0.25) is 0 Å². The average molecular weight is 222 g/mol. The Kier molecular flexibility index (Phi) is 4.54. The van der Waals surface area contributed by atoms with Crippen LogP contribution < -0.4 is 0 Å². The fourth-order valence-electron chi connectivity index (χ4n) is 1.29. The van der Waals surface area contributed by atoms with Crippen molar-refractivity contribution in [2.75, 3.05) is 6.61 Å². The fraction of sp³-hybridized carbons (Fsp3) is 0.250. The number of carbonyl (C=O) groups is 1. The molecule has 0 atom stereocenters. The zero-order chi connectivity index (χ0) is 12.0. The number of aliphatic hydroxyl groups is 1. The van der Waals surface area contributed by atoms with Crippen molar-refractivity contribution in [3.05, 3.63) is 42.0 Å². The van der Waals surface area contributed by atoms with E-state index in [2.05, 4.69) is 6.58 Å². The number of aromatic hydroxyl groups is 1. The van der Waals surface area contributed by atoms with Gasteiger partial charge >= 0.3 is 5.97 Å². The Bertz CT molecular complexity index is 385. The Morgan fingerprint density at radius 2 is 2.12 bits per heavy atom. The van der Waals surface area contributed by atoms with E-state index in [1.54, 1.807) is 18.2 Å². The minimum Gasteiger partial charge on any atom is -0.507 e. The van der Waals surface area contributed by atoms with Crippen LogP contribution in [0.5, 0.6) is 5.75 Å². The van der Waals surface area contributed by atoms with Gasteiger partial charge in [0.25, 0.3) is 0 Å². The smallest absolute Gasteiger partial charge is 0.330 e. The molecule has 2 N–H and O–H groups in total. The number of rotatable bonds is 5. The lowest BCUT2D eigenvalue weighted by molar-refractivity contribution is -0.137. The second-order valence-corrected chi connectivity index (χ2v) is 3.20. The first kappa shape index (κ1) is 12.3. The van der Waals surface area contributed by atoms with E-state index in [1.165, 1.54) is 0 Å². The zero-order valence-electron chi connectivity index (χ0n) is 8.85. The molecule has 0 saturated heterocycles. The van der Waals surface area contributed by atoms with Crippen LogP contribution in [-0.4, -0.2) is 22.8 Å². The number of ether oxygens (including phenoxy) is 1. The number of para-hydroxylation sites is 1. The highest BCUT2D eigenvalue weighted by molar-refractivity contribution is 5.81. The van der Waals surface area contributed by atoms with E-state index >= 15 is 0 Å². The summed E-state index contributed by atoms with van der Waals surface area (Å²) < 4.78 is 4.79. The summed E-state index contributed by atoms with van der Waals surface area (Å²) in [6.07, 6.45) is 1.49. The summed E-state index contributed by atoms with van der Waals surface area (Å²) in [5.41, 5.74) is 1.11. The summed E-state index contributed by atoms with van der Waals surface area (Å²) in [4.78, 5) is 10.8. The van der Waals surface area contributed by atoms with Gasteiger partial charge in [0.05, 0.1) is 13.2 Å². The van der Waals surface area contributed by atoms with Gasteiger partial charge in [-0.2, -0.15) is 0 Å². The van der Waals surface area contributed by atoms with Crippen molar-refractivity contribution in [3.8, 4) is 5.75 Å². The van der Waals surface area contributed by atoms with Crippen molar-refractivity contribution in [2.24, 2.45) is 0 Å². The zero-order valence-corrected chi connectivity index (χ0v) is 8.85. The van der Waals surface area contributed by atoms with Crippen LogP contribution in [0.15, 0.2) is 30.9 Å². The maximum absolute atomic E-state index is 10.8. The lowest BCUT2D eigenvalue weighted by Crippen LogP contribution is -2.04. The van der Waals surface area contributed by atoms with Gasteiger partial charge in [0.1, 0.15) is 5.75 Å². The number of aliphatic hydroxyl groups excluding tert-OH is 1. The second-order valence-electron chi connectivity index (χ2n) is 3.20. The van der Waals surface area contributed by atoms with Gasteiger partial charge in [-0.05, 0) is 5.56 Å². The Labute approximate surface area is 93.8 Å². The van der Waals surface area contributed by atoms with Crippen molar-refractivity contribution < 1.29 is 19.7 Å². The SMILES string of the molecule is C=CC(=O)OCCc1cccc(CO)c1O. The van der Waals surface area contributed by atoms with Crippen molar-refractivity contribution >= 4 is 5.97 Å². The number of phenols is 1. The van der Waals surface area contributed by atoms with Gasteiger partial charge in [-0.3, -0.25) is 0 Å². The summed E-state index contributed by atoms with van der Waals surface area (Å²) in [5, 5.41) is 18.6. The number of esters is 1. The highest BCUT2D eigenvalue weighted by atomic mass is 16.5. The Hall–Kier alpha value is -1.81. The third-order valence-electron chi connectivity index (χ3n) is 2.16. The largest absolute Gasteiger partial charge is 0.507 e. The predicted molar refractivity (Wildman–Crippen MR) is 58.9 cm³/mol. The minimum atomic E-state index is -0.488. The molecular weight excluding hydrogens is 208 g/mol. The summed E-state index contributed by atoms with van der Waals surface area (Å²) in [5.74, 6) is -0.433. The molecule has 0 saturated carbocycles. The molecule has 0 spiro atoms. The lowest BCUT2D eigenvalue weighted by Gasteiger charge is -2.07. The Morgan fingerprint density at radius 3 is 2.75 bits per heavy atom. The first-order chi connectivity index (χ1) is 7.69. The molecular formula is C12H14O4. The van der Waals surface area contributed by atoms with E-state index in [0.29, 0.717) is 17.5 Å². The van der Waals surface area contributed by atoms with Crippen LogP contribution in [-0.2, 0) is 22.6 Å². The molecule has 0 aliphatic heterocycles. The normalized spacial score (nSPS) is 9.81. The van der Waals surface area contributed by atoms with Crippen LogP contribution in [0.3, 0.4) is 0 Å². The number of hydrogen-bond donors (Lipinski definition) is 2. The number of carbonyl (C=O) groups excluding carboxylic acids is 1. The number of benzene rings is 1. The molecule has 0 unspecified atom stereocenters. The summed E-state index contributed by atoms with van der Waals surface area (Å²) >= 11 is 0. The molecule has 0 aromatic heterocycles. The highest BCUT2D eigenvalue weighted by Crippen LogP contribution is 2.22. The summed E-state index contributed by atoms with van der Waals surface area (Å²) in [7, 11) is 0. The Balaban J connectivity index is 2.60. The van der Waals surface area contributed by atoms with Crippen LogP contribution in [0.1, 0.15) is 11.1 Å². The molecule has 86 valence electrons. The lowest BCUT2D eigenvalue weighted by atomic mass is 10.1. The van der Waals surface area contributed by atoms with Gasteiger partial charge in [-0.15, -0.1) is 0 Å². The third-order valence-corrected chi connectivity index (χ3v) is 2.16. The van der Waals surface area contributed by atoms with Gasteiger partial charge in [-0.1, -0.05) is 24.8 Å². The van der Waals surface area contributed by atoms with Crippen molar-refractivity contribution in [1.29, 1.82) is 0 Å². The number of hydrogen-bond acceptors (Lipinski definition) is 4. The van der Waals surface area contributed by atoms with Gasteiger partial charge in [0, 0.05) is 18.1 Å². The summed E-state index contributed by atoms with van der Waals surface area (Å²) in [6, 6.07) is 5.08. The minimum absolute atomic E-state index is 0.0552. The summed E-state index contributed by atoms with van der Waals surface area (Å²) in [6.45, 7) is 3.23. The van der Waals surface area contributed by atoms with Crippen molar-refractivity contribution in [1.82, 2.24) is 0 Å². The monoisotopic (exact) mass is 222 g/mol. The second kappa shape index (κ2) is 5.92. The quantitative estimate of drug-likeness (QED) is 0.579. The van der Waals surface area contributed by atoms with Gasteiger partial charge in [0.15, 0.2) is 0 Å². The molecule has 0 fully saturated rings. The molecule has 16 heavy (non-hydrogen) atoms. The van der Waals surface area contributed by atoms with E-state index in [-0.39, 0.29) is 19.0 Å². The standard InChI is InChI=1S/C12H14O4/c1-2-11(14)16-7-6-9-4-3-5-10(8-13)12(9)15/h2-5,13,15H,1,6-8H2. The first-order valence-corrected chi connectivity index (χ1v) is 4.88. The molecule has 0 radical (unpaired) electrons. The van der Waals surface area contributed by atoms with E-state index in [9.17, 15) is 9.90 Å². The van der Waals surface area contributed by atoms with Crippen molar-refractivity contribution in [3.63, 3.8) is 0 Å². The molecule has 0 bridgehead atoms. The Morgan fingerprint density at radius 1 is 1.44 bits per heavy atom. The van der Waals surface area contributed by atoms with Crippen molar-refractivity contribution in [2.45, 2.75) is 13.0 Å².